The molecule has 1 aliphatic rings. The van der Waals surface area contributed by atoms with E-state index in [2.05, 4.69) is 15.5 Å². The molecule has 2 heterocycles. The van der Waals surface area contributed by atoms with Gasteiger partial charge in [-0.25, -0.2) is 0 Å². The normalized spacial score (nSPS) is 16.2. The topological polar surface area (TPSA) is 104 Å². The molecule has 0 saturated heterocycles. The summed E-state index contributed by atoms with van der Waals surface area (Å²) in [4.78, 5) is 25.0. The Kier molecular flexibility index (Phi) is 6.42. The van der Waals surface area contributed by atoms with Gasteiger partial charge in [0.2, 0.25) is 12.0 Å². The fraction of sp³-hybridized carbons (Fsp3) is 0.333. The first kappa shape index (κ1) is 22.8. The Hall–Kier alpha value is -3.33. The van der Waals surface area contributed by atoms with Crippen molar-refractivity contribution in [1.82, 2.24) is 10.2 Å². The van der Waals surface area contributed by atoms with Gasteiger partial charge in [0, 0.05) is 16.7 Å². The van der Waals surface area contributed by atoms with Gasteiger partial charge in [0.25, 0.3) is 11.1 Å². The molecule has 2 atom stereocenters. The average molecular weight is 468 g/mol. The summed E-state index contributed by atoms with van der Waals surface area (Å²) in [5.74, 6) is 1.41. The third-order valence-corrected chi connectivity index (χ3v) is 5.90. The molecular weight excluding hydrogens is 442 g/mol. The number of ether oxygens (including phenoxy) is 2. The first-order chi connectivity index (χ1) is 15.7. The Morgan fingerprint density at radius 2 is 1.76 bits per heavy atom. The van der Waals surface area contributed by atoms with E-state index in [9.17, 15) is 9.59 Å². The zero-order valence-electron chi connectivity index (χ0n) is 18.8. The number of fused-ring (bicyclic) bond motifs is 1. The smallest absolute Gasteiger partial charge is 0.277 e. The van der Waals surface area contributed by atoms with Gasteiger partial charge in [-0.2, -0.15) is 0 Å². The number of anilines is 1. The molecular formula is C24H25N3O5S. The largest absolute Gasteiger partial charge is 0.485 e. The number of nitrogens with zero attached hydrogens (tertiary/aromatic N) is 2. The maximum atomic E-state index is 12.8. The van der Waals surface area contributed by atoms with Crippen molar-refractivity contribution in [3.63, 3.8) is 0 Å². The van der Waals surface area contributed by atoms with E-state index in [0.29, 0.717) is 28.6 Å². The Labute approximate surface area is 196 Å². The summed E-state index contributed by atoms with van der Waals surface area (Å²) in [6, 6.07) is 14.2. The standard InChI is InChI=1S/C24H25N3O5S/c1-14(20(28)15-9-11-16(12-10-15)25-22(29)24(2,3)4)33-23-27-26-21(32-23)19-13-30-17-7-5-6-8-18(17)31-19/h5-12,14,19H,13H2,1-4H3,(H,25,29)/t14-,19-/m1/s1. The fourth-order valence-corrected chi connectivity index (χ4v) is 3.78. The Morgan fingerprint density at radius 3 is 2.45 bits per heavy atom. The number of thioether (sulfide) groups is 1. The molecule has 0 radical (unpaired) electrons. The molecule has 1 amide bonds. The van der Waals surface area contributed by atoms with Crippen molar-refractivity contribution in [2.75, 3.05) is 11.9 Å². The Morgan fingerprint density at radius 1 is 1.06 bits per heavy atom. The second-order valence-electron chi connectivity index (χ2n) is 8.68. The van der Waals surface area contributed by atoms with E-state index >= 15 is 0 Å². The lowest BCUT2D eigenvalue weighted by Gasteiger charge is -2.23. The molecule has 0 fully saturated rings. The maximum absolute atomic E-state index is 12.8. The van der Waals surface area contributed by atoms with Crippen LogP contribution in [0.4, 0.5) is 5.69 Å². The Balaban J connectivity index is 1.36. The van der Waals surface area contributed by atoms with Crippen LogP contribution in [0.2, 0.25) is 0 Å². The van der Waals surface area contributed by atoms with Crippen LogP contribution in [-0.2, 0) is 4.79 Å². The van der Waals surface area contributed by atoms with Gasteiger partial charge in [0.1, 0.15) is 6.61 Å². The molecule has 1 aromatic heterocycles. The molecule has 172 valence electrons. The first-order valence-electron chi connectivity index (χ1n) is 10.5. The van der Waals surface area contributed by atoms with E-state index in [1.807, 2.05) is 45.0 Å². The number of aromatic nitrogens is 2. The lowest BCUT2D eigenvalue weighted by molar-refractivity contribution is -0.123. The van der Waals surface area contributed by atoms with Crippen LogP contribution in [0.1, 0.15) is 50.0 Å². The molecule has 0 spiro atoms. The summed E-state index contributed by atoms with van der Waals surface area (Å²) < 4.78 is 17.3. The Bertz CT molecular complexity index is 1150. The molecule has 3 aromatic rings. The summed E-state index contributed by atoms with van der Waals surface area (Å²) in [6.07, 6.45) is -0.511. The van der Waals surface area contributed by atoms with Crippen molar-refractivity contribution < 1.29 is 23.5 Å². The minimum Gasteiger partial charge on any atom is -0.485 e. The van der Waals surface area contributed by atoms with Crippen LogP contribution in [0.25, 0.3) is 0 Å². The SMILES string of the molecule is C[C@@H](Sc1nnc([C@H]2COc3ccccc3O2)o1)C(=O)c1ccc(NC(=O)C(C)(C)C)cc1. The molecule has 33 heavy (non-hydrogen) atoms. The zero-order valence-corrected chi connectivity index (χ0v) is 19.6. The van der Waals surface area contributed by atoms with Gasteiger partial charge in [-0.1, -0.05) is 44.7 Å². The fourth-order valence-electron chi connectivity index (χ4n) is 3.02. The highest BCUT2D eigenvalue weighted by Gasteiger charge is 2.28. The summed E-state index contributed by atoms with van der Waals surface area (Å²) >= 11 is 1.18. The van der Waals surface area contributed by atoms with Gasteiger partial charge in [0.15, 0.2) is 17.3 Å². The quantitative estimate of drug-likeness (QED) is 0.402. The summed E-state index contributed by atoms with van der Waals surface area (Å²) in [5.41, 5.74) is 0.675. The predicted molar refractivity (Wildman–Crippen MR) is 124 cm³/mol. The molecule has 1 N–H and O–H groups in total. The highest BCUT2D eigenvalue weighted by molar-refractivity contribution is 8.00. The lowest BCUT2D eigenvalue weighted by atomic mass is 9.95. The van der Waals surface area contributed by atoms with Crippen LogP contribution in [-0.4, -0.2) is 33.7 Å². The molecule has 9 heteroatoms. The molecule has 0 saturated carbocycles. The number of carbonyl (C=O) groups excluding carboxylic acids is 2. The molecule has 4 rings (SSSR count). The summed E-state index contributed by atoms with van der Waals surface area (Å²) in [6.45, 7) is 7.57. The van der Waals surface area contributed by atoms with Gasteiger partial charge in [-0.3, -0.25) is 9.59 Å². The maximum Gasteiger partial charge on any atom is 0.277 e. The highest BCUT2D eigenvalue weighted by atomic mass is 32.2. The number of ketones is 1. The lowest BCUT2D eigenvalue weighted by Crippen LogP contribution is -2.27. The van der Waals surface area contributed by atoms with Gasteiger partial charge < -0.3 is 19.2 Å². The number of benzene rings is 2. The van der Waals surface area contributed by atoms with E-state index in [0.717, 1.165) is 0 Å². The number of hydrogen-bond acceptors (Lipinski definition) is 8. The van der Waals surface area contributed by atoms with E-state index in [4.69, 9.17) is 13.9 Å². The molecule has 0 unspecified atom stereocenters. The molecule has 0 bridgehead atoms. The van der Waals surface area contributed by atoms with E-state index in [1.165, 1.54) is 11.8 Å². The highest BCUT2D eigenvalue weighted by Crippen LogP contribution is 2.36. The van der Waals surface area contributed by atoms with Crippen LogP contribution < -0.4 is 14.8 Å². The average Bonchev–Trinajstić information content (AvgIpc) is 3.26. The van der Waals surface area contributed by atoms with Crippen molar-refractivity contribution in [2.24, 2.45) is 5.41 Å². The number of para-hydroxylation sites is 2. The predicted octanol–water partition coefficient (Wildman–Crippen LogP) is 4.93. The second kappa shape index (κ2) is 9.27. The number of hydrogen-bond donors (Lipinski definition) is 1. The van der Waals surface area contributed by atoms with Crippen molar-refractivity contribution in [3.8, 4) is 11.5 Å². The second-order valence-corrected chi connectivity index (χ2v) is 9.97. The van der Waals surface area contributed by atoms with Crippen LogP contribution in [0, 0.1) is 5.41 Å². The molecule has 8 nitrogen and oxygen atoms in total. The van der Waals surface area contributed by atoms with Crippen molar-refractivity contribution in [3.05, 3.63) is 60.0 Å². The van der Waals surface area contributed by atoms with E-state index < -0.39 is 16.8 Å². The molecule has 0 aliphatic carbocycles. The minimum absolute atomic E-state index is 0.0837. The summed E-state index contributed by atoms with van der Waals surface area (Å²) in [5, 5.41) is 10.8. The van der Waals surface area contributed by atoms with Gasteiger partial charge in [-0.15, -0.1) is 10.2 Å². The van der Waals surface area contributed by atoms with Gasteiger partial charge >= 0.3 is 0 Å². The number of rotatable bonds is 6. The number of amides is 1. The zero-order chi connectivity index (χ0) is 23.6. The van der Waals surface area contributed by atoms with Crippen LogP contribution in [0.3, 0.4) is 0 Å². The first-order valence-corrected chi connectivity index (χ1v) is 11.4. The van der Waals surface area contributed by atoms with E-state index in [-0.39, 0.29) is 23.5 Å². The number of nitrogens with one attached hydrogen (secondary N) is 1. The third-order valence-electron chi connectivity index (χ3n) is 4.96. The monoisotopic (exact) mass is 467 g/mol. The number of Topliss-reactive ketones (excluding diaryl/α,β-unsaturated/α-hetero) is 1. The van der Waals surface area contributed by atoms with Crippen molar-refractivity contribution in [2.45, 2.75) is 44.3 Å². The molecule has 1 aliphatic heterocycles. The van der Waals surface area contributed by atoms with E-state index in [1.54, 1.807) is 31.2 Å². The van der Waals surface area contributed by atoms with Gasteiger partial charge in [0.05, 0.1) is 5.25 Å². The van der Waals surface area contributed by atoms with Crippen molar-refractivity contribution >= 4 is 29.1 Å². The summed E-state index contributed by atoms with van der Waals surface area (Å²) in [7, 11) is 0. The number of carbonyl (C=O) groups is 2. The van der Waals surface area contributed by atoms with Crippen LogP contribution in [0.5, 0.6) is 11.5 Å². The van der Waals surface area contributed by atoms with Crippen LogP contribution >= 0.6 is 11.8 Å². The van der Waals surface area contributed by atoms with Crippen LogP contribution in [0.15, 0.2) is 58.2 Å². The molecule has 2 aromatic carbocycles. The third kappa shape index (κ3) is 5.36. The van der Waals surface area contributed by atoms with Crippen molar-refractivity contribution in [1.29, 1.82) is 0 Å². The van der Waals surface area contributed by atoms with Gasteiger partial charge in [-0.05, 0) is 43.3 Å². The minimum atomic E-state index is -0.511.